The summed E-state index contributed by atoms with van der Waals surface area (Å²) < 4.78 is 46.0. The Morgan fingerprint density at radius 1 is 1.20 bits per heavy atom. The van der Waals surface area contributed by atoms with E-state index in [-0.39, 0.29) is 11.5 Å². The first-order chi connectivity index (χ1) is 11.8. The largest absolute Gasteiger partial charge is 0.469 e. The van der Waals surface area contributed by atoms with Gasteiger partial charge in [-0.05, 0) is 32.0 Å². The molecule has 0 spiro atoms. The Bertz CT molecular complexity index is 925. The zero-order chi connectivity index (χ0) is 18.2. The van der Waals surface area contributed by atoms with Crippen LogP contribution in [0.2, 0.25) is 0 Å². The molecule has 0 unspecified atom stereocenters. The van der Waals surface area contributed by atoms with Crippen molar-refractivity contribution >= 4 is 11.7 Å². The lowest BCUT2D eigenvalue weighted by atomic mass is 10.1. The highest BCUT2D eigenvalue weighted by Crippen LogP contribution is 2.34. The van der Waals surface area contributed by atoms with Crippen molar-refractivity contribution < 1.29 is 22.4 Å². The summed E-state index contributed by atoms with van der Waals surface area (Å²) in [5.74, 6) is 0.0627. The number of rotatable bonds is 3. The monoisotopic (exact) mass is 349 g/mol. The van der Waals surface area contributed by atoms with Gasteiger partial charge in [-0.25, -0.2) is 4.68 Å². The summed E-state index contributed by atoms with van der Waals surface area (Å²) in [6.07, 6.45) is -3.18. The highest BCUT2D eigenvalue weighted by Gasteiger charge is 2.34. The van der Waals surface area contributed by atoms with E-state index in [0.29, 0.717) is 17.0 Å². The Kier molecular flexibility index (Phi) is 4.12. The highest BCUT2D eigenvalue weighted by atomic mass is 19.4. The van der Waals surface area contributed by atoms with Crippen LogP contribution in [-0.4, -0.2) is 15.7 Å². The van der Waals surface area contributed by atoms with Crippen molar-refractivity contribution in [2.45, 2.75) is 20.0 Å². The third-order valence-corrected chi connectivity index (χ3v) is 3.61. The van der Waals surface area contributed by atoms with Crippen molar-refractivity contribution in [3.63, 3.8) is 0 Å². The van der Waals surface area contributed by atoms with Crippen LogP contribution in [0.4, 0.5) is 19.0 Å². The van der Waals surface area contributed by atoms with Crippen LogP contribution >= 0.6 is 0 Å². The fraction of sp³-hybridized carbons (Fsp3) is 0.176. The number of benzene rings is 1. The van der Waals surface area contributed by atoms with E-state index in [0.717, 1.165) is 10.7 Å². The number of aryl methyl sites for hydroxylation is 2. The van der Waals surface area contributed by atoms with Crippen molar-refractivity contribution in [2.75, 3.05) is 5.32 Å². The molecule has 0 atom stereocenters. The van der Waals surface area contributed by atoms with Crippen molar-refractivity contribution in [1.82, 2.24) is 9.78 Å². The van der Waals surface area contributed by atoms with Crippen LogP contribution in [0.5, 0.6) is 0 Å². The Balaban J connectivity index is 2.03. The summed E-state index contributed by atoms with van der Waals surface area (Å²) >= 11 is 0. The Labute approximate surface area is 141 Å². The molecule has 0 aliphatic rings. The van der Waals surface area contributed by atoms with Crippen molar-refractivity contribution in [3.8, 4) is 5.69 Å². The van der Waals surface area contributed by atoms with Crippen LogP contribution in [0.25, 0.3) is 5.69 Å². The number of halogens is 3. The Morgan fingerprint density at radius 3 is 2.56 bits per heavy atom. The van der Waals surface area contributed by atoms with Crippen LogP contribution in [0, 0.1) is 13.8 Å². The van der Waals surface area contributed by atoms with E-state index in [1.807, 2.05) is 0 Å². The number of nitrogens with zero attached hydrogens (tertiary/aromatic N) is 2. The minimum atomic E-state index is -4.54. The molecule has 0 fully saturated rings. The van der Waals surface area contributed by atoms with Crippen molar-refractivity contribution in [3.05, 3.63) is 65.2 Å². The van der Waals surface area contributed by atoms with Gasteiger partial charge in [-0.2, -0.15) is 18.3 Å². The molecule has 0 aliphatic carbocycles. The second-order valence-electron chi connectivity index (χ2n) is 5.44. The molecular formula is C17H14F3N3O2. The SMILES string of the molecule is Cc1cc(NC(=O)c2ccoc2C)n(-c2ccccc2C(F)(F)F)n1. The van der Waals surface area contributed by atoms with Crippen LogP contribution in [0.1, 0.15) is 27.4 Å². The Hall–Kier alpha value is -3.03. The first-order valence-corrected chi connectivity index (χ1v) is 7.36. The number of alkyl halides is 3. The van der Waals surface area contributed by atoms with Gasteiger partial charge >= 0.3 is 6.18 Å². The fourth-order valence-electron chi connectivity index (χ4n) is 2.47. The summed E-state index contributed by atoms with van der Waals surface area (Å²) in [6, 6.07) is 8.04. The molecule has 0 saturated heterocycles. The number of carbonyl (C=O) groups excluding carboxylic acids is 1. The predicted molar refractivity (Wildman–Crippen MR) is 84.7 cm³/mol. The molecule has 8 heteroatoms. The molecule has 0 bridgehead atoms. The van der Waals surface area contributed by atoms with E-state index in [4.69, 9.17) is 4.42 Å². The second-order valence-corrected chi connectivity index (χ2v) is 5.44. The van der Waals surface area contributed by atoms with Gasteiger partial charge in [0.05, 0.1) is 28.8 Å². The van der Waals surface area contributed by atoms with Gasteiger partial charge < -0.3 is 9.73 Å². The van der Waals surface area contributed by atoms with E-state index in [9.17, 15) is 18.0 Å². The lowest BCUT2D eigenvalue weighted by molar-refractivity contribution is -0.137. The molecule has 1 amide bonds. The van der Waals surface area contributed by atoms with E-state index >= 15 is 0 Å². The van der Waals surface area contributed by atoms with Gasteiger partial charge in [0.2, 0.25) is 0 Å². The lowest BCUT2D eigenvalue weighted by Crippen LogP contribution is -2.17. The van der Waals surface area contributed by atoms with E-state index in [1.54, 1.807) is 13.8 Å². The number of amides is 1. The topological polar surface area (TPSA) is 60.1 Å². The number of hydrogen-bond acceptors (Lipinski definition) is 3. The van der Waals surface area contributed by atoms with Gasteiger partial charge in [-0.3, -0.25) is 4.79 Å². The third-order valence-electron chi connectivity index (χ3n) is 3.61. The first-order valence-electron chi connectivity index (χ1n) is 7.36. The molecule has 2 heterocycles. The smallest absolute Gasteiger partial charge is 0.418 e. The van der Waals surface area contributed by atoms with Gasteiger partial charge in [0.25, 0.3) is 5.91 Å². The normalized spacial score (nSPS) is 11.6. The summed E-state index contributed by atoms with van der Waals surface area (Å²) in [4.78, 5) is 12.3. The third kappa shape index (κ3) is 3.28. The standard InChI is InChI=1S/C17H14F3N3O2/c1-10-9-15(21-16(24)12-7-8-25-11(12)2)23(22-10)14-6-4-3-5-13(14)17(18,19)20/h3-9H,1-2H3,(H,21,24). The van der Waals surface area contributed by atoms with E-state index in [1.165, 1.54) is 36.6 Å². The van der Waals surface area contributed by atoms with Gasteiger partial charge in [0.15, 0.2) is 0 Å². The molecule has 0 aliphatic heterocycles. The summed E-state index contributed by atoms with van der Waals surface area (Å²) in [5.41, 5.74) is -0.235. The number of carbonyl (C=O) groups is 1. The second kappa shape index (κ2) is 6.12. The summed E-state index contributed by atoms with van der Waals surface area (Å²) in [7, 11) is 0. The van der Waals surface area contributed by atoms with Crippen molar-refractivity contribution in [2.24, 2.45) is 0 Å². The van der Waals surface area contributed by atoms with Gasteiger partial charge in [0.1, 0.15) is 11.6 Å². The minimum Gasteiger partial charge on any atom is -0.469 e. The zero-order valence-corrected chi connectivity index (χ0v) is 13.4. The zero-order valence-electron chi connectivity index (χ0n) is 13.4. The molecular weight excluding hydrogens is 335 g/mol. The molecule has 1 N–H and O–H groups in total. The van der Waals surface area contributed by atoms with Gasteiger partial charge in [-0.1, -0.05) is 12.1 Å². The maximum atomic E-state index is 13.3. The number of anilines is 1. The summed E-state index contributed by atoms with van der Waals surface area (Å²) in [5, 5.41) is 6.68. The van der Waals surface area contributed by atoms with E-state index < -0.39 is 17.6 Å². The van der Waals surface area contributed by atoms with Crippen molar-refractivity contribution in [1.29, 1.82) is 0 Å². The minimum absolute atomic E-state index is 0.139. The van der Waals surface area contributed by atoms with Gasteiger partial charge in [0, 0.05) is 6.07 Å². The maximum Gasteiger partial charge on any atom is 0.418 e. The molecule has 1 aromatic carbocycles. The Morgan fingerprint density at radius 2 is 1.92 bits per heavy atom. The fourth-order valence-corrected chi connectivity index (χ4v) is 2.47. The maximum absolute atomic E-state index is 13.3. The number of para-hydroxylation sites is 1. The van der Waals surface area contributed by atoms with Crippen LogP contribution in [0.15, 0.2) is 47.1 Å². The quantitative estimate of drug-likeness (QED) is 0.765. The molecule has 5 nitrogen and oxygen atoms in total. The van der Waals surface area contributed by atoms with Gasteiger partial charge in [-0.15, -0.1) is 0 Å². The lowest BCUT2D eigenvalue weighted by Gasteiger charge is -2.15. The number of aromatic nitrogens is 2. The molecule has 25 heavy (non-hydrogen) atoms. The van der Waals surface area contributed by atoms with Crippen LogP contribution in [-0.2, 0) is 6.18 Å². The van der Waals surface area contributed by atoms with Crippen LogP contribution in [0.3, 0.4) is 0 Å². The molecule has 130 valence electrons. The molecule has 2 aromatic heterocycles. The van der Waals surface area contributed by atoms with Crippen LogP contribution < -0.4 is 5.32 Å². The van der Waals surface area contributed by atoms with E-state index in [2.05, 4.69) is 10.4 Å². The first kappa shape index (κ1) is 16.8. The number of furan rings is 1. The average Bonchev–Trinajstić information content (AvgIpc) is 3.12. The summed E-state index contributed by atoms with van der Waals surface area (Å²) in [6.45, 7) is 3.25. The molecule has 0 saturated carbocycles. The molecule has 0 radical (unpaired) electrons. The molecule has 3 rings (SSSR count). The number of hydrogen-bond donors (Lipinski definition) is 1. The highest BCUT2D eigenvalue weighted by molar-refractivity contribution is 6.04. The molecule has 3 aromatic rings. The average molecular weight is 349 g/mol. The number of nitrogens with one attached hydrogen (secondary N) is 1. The predicted octanol–water partition coefficient (Wildman–Crippen LogP) is 4.35.